The molecular weight excluding hydrogens is 352 g/mol. The van der Waals surface area contributed by atoms with E-state index in [-0.39, 0.29) is 5.91 Å². The van der Waals surface area contributed by atoms with E-state index < -0.39 is 0 Å². The molecule has 0 bridgehead atoms. The fourth-order valence-corrected chi connectivity index (χ4v) is 3.41. The van der Waals surface area contributed by atoms with Gasteiger partial charge in [0.05, 0.1) is 5.56 Å². The minimum atomic E-state index is 0.0266. The molecule has 1 aromatic carbocycles. The topological polar surface area (TPSA) is 54.5 Å². The van der Waals surface area contributed by atoms with E-state index in [1.54, 1.807) is 0 Å². The van der Waals surface area contributed by atoms with Gasteiger partial charge in [-0.15, -0.1) is 0 Å². The van der Waals surface area contributed by atoms with E-state index in [2.05, 4.69) is 34.3 Å². The van der Waals surface area contributed by atoms with Crippen molar-refractivity contribution in [3.63, 3.8) is 0 Å². The van der Waals surface area contributed by atoms with Gasteiger partial charge in [-0.05, 0) is 51.5 Å². The van der Waals surface area contributed by atoms with E-state index in [4.69, 9.17) is 4.52 Å². The molecule has 6 heteroatoms. The maximum Gasteiger partial charge on any atom is 0.255 e. The van der Waals surface area contributed by atoms with Crippen LogP contribution in [0.4, 0.5) is 5.69 Å². The second-order valence-electron chi connectivity index (χ2n) is 7.30. The monoisotopic (exact) mass is 380 g/mol. The Bertz CT molecular complexity index is 967. The summed E-state index contributed by atoms with van der Waals surface area (Å²) in [5.41, 5.74) is 4.79. The van der Waals surface area contributed by atoms with Gasteiger partial charge in [-0.2, -0.15) is 0 Å². The Morgan fingerprint density at radius 2 is 1.79 bits per heavy atom. The second kappa shape index (κ2) is 7.92. The average Bonchev–Trinajstić information content (AvgIpc) is 3.21. The van der Waals surface area contributed by atoms with Crippen LogP contribution in [0.5, 0.6) is 0 Å². The maximum atomic E-state index is 13.2. The summed E-state index contributed by atoms with van der Waals surface area (Å²) in [6.45, 7) is 9.01. The molecule has 0 atom stereocenters. The summed E-state index contributed by atoms with van der Waals surface area (Å²) in [6.07, 6.45) is 0. The fourth-order valence-electron chi connectivity index (χ4n) is 3.41. The number of aromatic nitrogens is 2. The third-order valence-corrected chi connectivity index (χ3v) is 5.00. The molecule has 0 unspecified atom stereocenters. The molecule has 0 spiro atoms. The summed E-state index contributed by atoms with van der Waals surface area (Å²) in [4.78, 5) is 17.2. The quantitative estimate of drug-likeness (QED) is 0.645. The molecule has 0 radical (unpaired) electrons. The van der Waals surface area contributed by atoms with Crippen LogP contribution in [0.25, 0.3) is 5.82 Å². The van der Waals surface area contributed by atoms with Crippen LogP contribution < -0.4 is 4.90 Å². The van der Waals surface area contributed by atoms with Gasteiger partial charge < -0.3 is 14.3 Å². The molecule has 3 rings (SSSR count). The van der Waals surface area contributed by atoms with Crippen molar-refractivity contribution in [2.75, 3.05) is 25.5 Å². The molecule has 148 valence electrons. The van der Waals surface area contributed by atoms with Crippen molar-refractivity contribution in [2.45, 2.75) is 34.2 Å². The first-order valence-corrected chi connectivity index (χ1v) is 9.50. The standard InChI is InChI=1S/C22H28N4O2/c1-7-25(14-18-8-10-19(11-9-18)24(5)6)22(27)20-12-15(2)26(17(20)4)21-13-16(3)28-23-21/h8-13H,7,14H2,1-6H3. The van der Waals surface area contributed by atoms with Gasteiger partial charge in [-0.25, -0.2) is 0 Å². The Morgan fingerprint density at radius 1 is 1.11 bits per heavy atom. The SMILES string of the molecule is CCN(Cc1ccc(N(C)C)cc1)C(=O)c1cc(C)n(-c2cc(C)on2)c1C. The number of hydrogen-bond acceptors (Lipinski definition) is 4. The third kappa shape index (κ3) is 3.81. The molecule has 0 fully saturated rings. The van der Waals surface area contributed by atoms with E-state index in [0.717, 1.165) is 28.4 Å². The van der Waals surface area contributed by atoms with Crippen LogP contribution >= 0.6 is 0 Å². The van der Waals surface area contributed by atoms with Gasteiger partial charge in [0, 0.05) is 50.3 Å². The lowest BCUT2D eigenvalue weighted by atomic mass is 10.1. The summed E-state index contributed by atoms with van der Waals surface area (Å²) < 4.78 is 7.16. The molecule has 2 aromatic heterocycles. The number of carbonyl (C=O) groups is 1. The number of benzene rings is 1. The van der Waals surface area contributed by atoms with Gasteiger partial charge in [0.2, 0.25) is 0 Å². The highest BCUT2D eigenvalue weighted by molar-refractivity contribution is 5.96. The zero-order chi connectivity index (χ0) is 20.4. The van der Waals surface area contributed by atoms with Gasteiger partial charge in [-0.3, -0.25) is 9.36 Å². The molecule has 0 saturated heterocycles. The van der Waals surface area contributed by atoms with Crippen LogP contribution in [-0.4, -0.2) is 41.2 Å². The summed E-state index contributed by atoms with van der Waals surface area (Å²) in [5, 5.41) is 4.09. The van der Waals surface area contributed by atoms with Crippen molar-refractivity contribution >= 4 is 11.6 Å². The van der Waals surface area contributed by atoms with Crippen molar-refractivity contribution in [3.8, 4) is 5.82 Å². The number of amides is 1. The normalized spacial score (nSPS) is 10.9. The molecule has 0 aliphatic rings. The Kier molecular flexibility index (Phi) is 5.58. The van der Waals surface area contributed by atoms with Crippen molar-refractivity contribution in [1.29, 1.82) is 0 Å². The molecule has 1 amide bonds. The largest absolute Gasteiger partial charge is 0.378 e. The smallest absolute Gasteiger partial charge is 0.255 e. The van der Waals surface area contributed by atoms with Crippen molar-refractivity contribution in [3.05, 3.63) is 64.7 Å². The van der Waals surface area contributed by atoms with Crippen LogP contribution in [0.3, 0.4) is 0 Å². The predicted molar refractivity (Wildman–Crippen MR) is 111 cm³/mol. The molecule has 0 aliphatic heterocycles. The van der Waals surface area contributed by atoms with Gasteiger partial charge in [-0.1, -0.05) is 17.3 Å². The van der Waals surface area contributed by atoms with Gasteiger partial charge >= 0.3 is 0 Å². The third-order valence-electron chi connectivity index (χ3n) is 5.00. The molecule has 3 aromatic rings. The molecule has 0 aliphatic carbocycles. The van der Waals surface area contributed by atoms with E-state index in [1.165, 1.54) is 0 Å². The van der Waals surface area contributed by atoms with E-state index >= 15 is 0 Å². The molecule has 2 heterocycles. The molecule has 28 heavy (non-hydrogen) atoms. The van der Waals surface area contributed by atoms with Crippen LogP contribution in [0.1, 0.15) is 40.0 Å². The molecule has 0 N–H and O–H groups in total. The summed E-state index contributed by atoms with van der Waals surface area (Å²) >= 11 is 0. The van der Waals surface area contributed by atoms with Gasteiger partial charge in [0.25, 0.3) is 5.91 Å². The molecule has 6 nitrogen and oxygen atoms in total. The molecular formula is C22H28N4O2. The summed E-state index contributed by atoms with van der Waals surface area (Å²) in [7, 11) is 4.03. The Balaban J connectivity index is 1.85. The Labute approximate surface area is 166 Å². The van der Waals surface area contributed by atoms with Crippen molar-refractivity contribution in [1.82, 2.24) is 14.6 Å². The van der Waals surface area contributed by atoms with Crippen LogP contribution in [0.2, 0.25) is 0 Å². The first-order valence-electron chi connectivity index (χ1n) is 9.50. The Hall–Kier alpha value is -3.02. The summed E-state index contributed by atoms with van der Waals surface area (Å²) in [5.74, 6) is 1.47. The van der Waals surface area contributed by atoms with Crippen molar-refractivity contribution < 1.29 is 9.32 Å². The number of rotatable bonds is 6. The zero-order valence-corrected chi connectivity index (χ0v) is 17.5. The van der Waals surface area contributed by atoms with Crippen LogP contribution in [0.15, 0.2) is 40.9 Å². The van der Waals surface area contributed by atoms with Crippen LogP contribution in [0, 0.1) is 20.8 Å². The highest BCUT2D eigenvalue weighted by Crippen LogP contribution is 2.23. The van der Waals surface area contributed by atoms with Crippen LogP contribution in [-0.2, 0) is 6.54 Å². The first kappa shape index (κ1) is 19.7. The van der Waals surface area contributed by atoms with Crippen molar-refractivity contribution in [2.24, 2.45) is 0 Å². The van der Waals surface area contributed by atoms with E-state index in [9.17, 15) is 4.79 Å². The minimum absolute atomic E-state index is 0.0266. The maximum absolute atomic E-state index is 13.2. The highest BCUT2D eigenvalue weighted by atomic mass is 16.5. The number of carbonyl (C=O) groups excluding carboxylic acids is 1. The lowest BCUT2D eigenvalue weighted by Crippen LogP contribution is -2.30. The predicted octanol–water partition coefficient (Wildman–Crippen LogP) is 4.12. The lowest BCUT2D eigenvalue weighted by molar-refractivity contribution is 0.0752. The number of aryl methyl sites for hydroxylation is 2. The number of anilines is 1. The fraction of sp³-hybridized carbons (Fsp3) is 0.364. The average molecular weight is 380 g/mol. The van der Waals surface area contributed by atoms with E-state index in [1.807, 2.05) is 63.4 Å². The first-order chi connectivity index (χ1) is 13.3. The summed E-state index contributed by atoms with van der Waals surface area (Å²) in [6, 6.07) is 12.1. The van der Waals surface area contributed by atoms with E-state index in [0.29, 0.717) is 24.5 Å². The minimum Gasteiger partial charge on any atom is -0.378 e. The number of nitrogens with zero attached hydrogens (tertiary/aromatic N) is 4. The second-order valence-corrected chi connectivity index (χ2v) is 7.30. The number of hydrogen-bond donors (Lipinski definition) is 0. The van der Waals surface area contributed by atoms with Gasteiger partial charge in [0.15, 0.2) is 5.82 Å². The zero-order valence-electron chi connectivity index (χ0n) is 17.5. The molecule has 0 saturated carbocycles. The Morgan fingerprint density at radius 3 is 2.32 bits per heavy atom. The van der Waals surface area contributed by atoms with Gasteiger partial charge in [0.1, 0.15) is 5.76 Å². The lowest BCUT2D eigenvalue weighted by Gasteiger charge is -2.22. The highest BCUT2D eigenvalue weighted by Gasteiger charge is 2.22.